The van der Waals surface area contributed by atoms with E-state index in [1.54, 1.807) is 6.07 Å². The molecule has 1 aromatic rings. The fraction of sp³-hybridized carbons (Fsp3) is 0.647. The molecule has 0 radical (unpaired) electrons. The van der Waals surface area contributed by atoms with Crippen LogP contribution in [0.3, 0.4) is 0 Å². The fourth-order valence-electron chi connectivity index (χ4n) is 3.67. The molecule has 0 aromatic heterocycles. The highest BCUT2D eigenvalue weighted by Gasteiger charge is 2.37. The Balaban J connectivity index is 1.87. The minimum Gasteiger partial charge on any atom is -0.504 e. The van der Waals surface area contributed by atoms with Gasteiger partial charge in [0.15, 0.2) is 11.5 Å². The Kier molecular flexibility index (Phi) is 3.20. The third-order valence-electron chi connectivity index (χ3n) is 4.93. The van der Waals surface area contributed by atoms with E-state index in [1.807, 2.05) is 0 Å². The Morgan fingerprint density at radius 1 is 1.20 bits per heavy atom. The average Bonchev–Trinajstić information content (AvgIpc) is 2.95. The van der Waals surface area contributed by atoms with Crippen LogP contribution in [0.4, 0.5) is 0 Å². The molecule has 1 saturated carbocycles. The SMILES string of the molecule is CC(C)(C)c1cc(O)c(O)c(CN2CC3CCC2C3)c1. The molecule has 110 valence electrons. The highest BCUT2D eigenvalue weighted by atomic mass is 16.3. The van der Waals surface area contributed by atoms with E-state index in [9.17, 15) is 10.2 Å². The summed E-state index contributed by atoms with van der Waals surface area (Å²) < 4.78 is 0. The number of benzene rings is 1. The molecule has 1 aliphatic heterocycles. The van der Waals surface area contributed by atoms with E-state index < -0.39 is 0 Å². The molecule has 3 nitrogen and oxygen atoms in total. The second kappa shape index (κ2) is 4.66. The van der Waals surface area contributed by atoms with Crippen LogP contribution >= 0.6 is 0 Å². The number of phenols is 2. The van der Waals surface area contributed by atoms with Gasteiger partial charge in [-0.05, 0) is 42.2 Å². The van der Waals surface area contributed by atoms with Crippen molar-refractivity contribution < 1.29 is 10.2 Å². The Hall–Kier alpha value is -1.22. The predicted molar refractivity (Wildman–Crippen MR) is 80.0 cm³/mol. The van der Waals surface area contributed by atoms with E-state index in [0.29, 0.717) is 6.04 Å². The molecular weight excluding hydrogens is 250 g/mol. The van der Waals surface area contributed by atoms with Crippen LogP contribution in [0.1, 0.15) is 51.2 Å². The smallest absolute Gasteiger partial charge is 0.162 e. The summed E-state index contributed by atoms with van der Waals surface area (Å²) >= 11 is 0. The summed E-state index contributed by atoms with van der Waals surface area (Å²) in [4.78, 5) is 2.47. The maximum absolute atomic E-state index is 10.1. The Morgan fingerprint density at radius 3 is 2.50 bits per heavy atom. The quantitative estimate of drug-likeness (QED) is 0.813. The molecule has 20 heavy (non-hydrogen) atoms. The van der Waals surface area contributed by atoms with Crippen LogP contribution in [0.25, 0.3) is 0 Å². The number of fused-ring (bicyclic) bond motifs is 2. The molecule has 2 bridgehead atoms. The Bertz CT molecular complexity index is 518. The fourth-order valence-corrected chi connectivity index (χ4v) is 3.67. The van der Waals surface area contributed by atoms with Crippen molar-refractivity contribution in [3.63, 3.8) is 0 Å². The van der Waals surface area contributed by atoms with Crippen LogP contribution in [0.15, 0.2) is 12.1 Å². The van der Waals surface area contributed by atoms with E-state index in [1.165, 1.54) is 19.3 Å². The lowest BCUT2D eigenvalue weighted by atomic mass is 9.85. The van der Waals surface area contributed by atoms with E-state index in [2.05, 4.69) is 31.7 Å². The van der Waals surface area contributed by atoms with Crippen molar-refractivity contribution in [3.8, 4) is 11.5 Å². The van der Waals surface area contributed by atoms with Gasteiger partial charge in [-0.15, -0.1) is 0 Å². The number of hydrogen-bond acceptors (Lipinski definition) is 3. The molecular formula is C17H25NO2. The zero-order valence-electron chi connectivity index (χ0n) is 12.7. The summed E-state index contributed by atoms with van der Waals surface area (Å²) in [6.45, 7) is 8.27. The van der Waals surface area contributed by atoms with E-state index >= 15 is 0 Å². The van der Waals surface area contributed by atoms with Gasteiger partial charge < -0.3 is 10.2 Å². The lowest BCUT2D eigenvalue weighted by Crippen LogP contribution is -2.31. The lowest BCUT2D eigenvalue weighted by molar-refractivity contribution is 0.202. The second-order valence-corrected chi connectivity index (χ2v) is 7.52. The number of likely N-dealkylation sites (tertiary alicyclic amines) is 1. The van der Waals surface area contributed by atoms with Gasteiger partial charge in [0.1, 0.15) is 0 Å². The molecule has 1 aromatic carbocycles. The van der Waals surface area contributed by atoms with Gasteiger partial charge in [0.2, 0.25) is 0 Å². The monoisotopic (exact) mass is 275 g/mol. The van der Waals surface area contributed by atoms with Crippen molar-refractivity contribution in [1.29, 1.82) is 0 Å². The summed E-state index contributed by atoms with van der Waals surface area (Å²) in [6.07, 6.45) is 3.96. The number of phenolic OH excluding ortho intramolecular Hbond substituents is 2. The van der Waals surface area contributed by atoms with Crippen LogP contribution < -0.4 is 0 Å². The van der Waals surface area contributed by atoms with Gasteiger partial charge in [-0.2, -0.15) is 0 Å². The highest BCUT2D eigenvalue weighted by Crippen LogP contribution is 2.41. The summed E-state index contributed by atoms with van der Waals surface area (Å²) in [5, 5.41) is 20.1. The van der Waals surface area contributed by atoms with Crippen molar-refractivity contribution in [3.05, 3.63) is 23.3 Å². The standard InChI is InChI=1S/C17H25NO2/c1-17(2,3)13-7-12(16(20)15(19)8-13)10-18-9-11-4-5-14(18)6-11/h7-8,11,14,19-20H,4-6,9-10H2,1-3H3. The van der Waals surface area contributed by atoms with Crippen molar-refractivity contribution in [2.24, 2.45) is 5.92 Å². The van der Waals surface area contributed by atoms with Gasteiger partial charge >= 0.3 is 0 Å². The van der Waals surface area contributed by atoms with Crippen LogP contribution in [0.5, 0.6) is 11.5 Å². The molecule has 0 amide bonds. The summed E-state index contributed by atoms with van der Waals surface area (Å²) in [7, 11) is 0. The maximum atomic E-state index is 10.1. The normalized spacial score (nSPS) is 26.4. The van der Waals surface area contributed by atoms with Crippen LogP contribution in [0, 0.1) is 5.92 Å². The molecule has 3 rings (SSSR count). The van der Waals surface area contributed by atoms with Gasteiger partial charge in [-0.1, -0.05) is 26.8 Å². The molecule has 1 saturated heterocycles. The van der Waals surface area contributed by atoms with E-state index in [4.69, 9.17) is 0 Å². The number of piperidine rings is 1. The molecule has 1 heterocycles. The molecule has 1 aliphatic carbocycles. The Morgan fingerprint density at radius 2 is 1.95 bits per heavy atom. The third-order valence-corrected chi connectivity index (χ3v) is 4.93. The van der Waals surface area contributed by atoms with Crippen molar-refractivity contribution in [2.45, 2.75) is 58.0 Å². The molecule has 2 atom stereocenters. The number of rotatable bonds is 2. The van der Waals surface area contributed by atoms with Gasteiger partial charge in [0.25, 0.3) is 0 Å². The largest absolute Gasteiger partial charge is 0.504 e. The van der Waals surface area contributed by atoms with Crippen molar-refractivity contribution in [2.75, 3.05) is 6.54 Å². The van der Waals surface area contributed by atoms with Crippen molar-refractivity contribution in [1.82, 2.24) is 4.90 Å². The summed E-state index contributed by atoms with van der Waals surface area (Å²) in [6, 6.07) is 4.43. The van der Waals surface area contributed by atoms with Crippen LogP contribution in [-0.2, 0) is 12.0 Å². The van der Waals surface area contributed by atoms with E-state index in [0.717, 1.165) is 30.1 Å². The first-order valence-electron chi connectivity index (χ1n) is 7.64. The second-order valence-electron chi connectivity index (χ2n) is 7.52. The van der Waals surface area contributed by atoms with Crippen LogP contribution in [-0.4, -0.2) is 27.7 Å². The van der Waals surface area contributed by atoms with E-state index in [-0.39, 0.29) is 16.9 Å². The highest BCUT2D eigenvalue weighted by molar-refractivity contribution is 5.49. The minimum atomic E-state index is -0.0239. The van der Waals surface area contributed by atoms with Crippen molar-refractivity contribution >= 4 is 0 Å². The Labute approximate surface area is 121 Å². The first-order chi connectivity index (χ1) is 9.34. The topological polar surface area (TPSA) is 43.7 Å². The zero-order valence-corrected chi connectivity index (χ0v) is 12.7. The lowest BCUT2D eigenvalue weighted by Gasteiger charge is -2.28. The number of hydrogen-bond donors (Lipinski definition) is 2. The summed E-state index contributed by atoms with van der Waals surface area (Å²) in [5.41, 5.74) is 1.92. The van der Waals surface area contributed by atoms with Gasteiger partial charge in [0.05, 0.1) is 0 Å². The first-order valence-corrected chi connectivity index (χ1v) is 7.64. The molecule has 2 fully saturated rings. The third kappa shape index (κ3) is 2.39. The molecule has 2 N–H and O–H groups in total. The zero-order chi connectivity index (χ0) is 14.5. The molecule has 3 heteroatoms. The molecule has 2 aliphatic rings. The first kappa shape index (κ1) is 13.7. The molecule has 2 unspecified atom stereocenters. The molecule has 0 spiro atoms. The number of aromatic hydroxyl groups is 2. The van der Waals surface area contributed by atoms with Crippen LogP contribution in [0.2, 0.25) is 0 Å². The maximum Gasteiger partial charge on any atom is 0.162 e. The average molecular weight is 275 g/mol. The van der Waals surface area contributed by atoms with Gasteiger partial charge in [0, 0.05) is 24.7 Å². The van der Waals surface area contributed by atoms with Gasteiger partial charge in [-0.3, -0.25) is 4.90 Å². The summed E-state index contributed by atoms with van der Waals surface area (Å²) in [5.74, 6) is 0.916. The number of nitrogens with zero attached hydrogens (tertiary/aromatic N) is 1. The predicted octanol–water partition coefficient (Wildman–Crippen LogP) is 3.38. The van der Waals surface area contributed by atoms with Gasteiger partial charge in [-0.25, -0.2) is 0 Å². The minimum absolute atomic E-state index is 0.0109.